The number of hydrogen-bond donors (Lipinski definition) is 1. The molecule has 4 aromatic rings. The Morgan fingerprint density at radius 1 is 0.857 bits per heavy atom. The molecule has 1 amide bonds. The van der Waals surface area contributed by atoms with Crippen LogP contribution in [-0.2, 0) is 0 Å². The van der Waals surface area contributed by atoms with Crippen LogP contribution in [0.5, 0.6) is 0 Å². The second kappa shape index (κ2) is 7.70. The molecule has 5 nitrogen and oxygen atoms in total. The molecule has 0 saturated heterocycles. The molecule has 1 aromatic carbocycles. The molecule has 28 heavy (non-hydrogen) atoms. The molecule has 0 aliphatic heterocycles. The fourth-order valence-corrected chi connectivity index (χ4v) is 4.04. The molecule has 0 atom stereocenters. The lowest BCUT2D eigenvalue weighted by Gasteiger charge is -2.05. The van der Waals surface area contributed by atoms with E-state index in [1.54, 1.807) is 36.9 Å². The molecule has 4 rings (SSSR count). The summed E-state index contributed by atoms with van der Waals surface area (Å²) in [5, 5.41) is 3.47. The zero-order valence-electron chi connectivity index (χ0n) is 15.5. The summed E-state index contributed by atoms with van der Waals surface area (Å²) in [7, 11) is 0. The van der Waals surface area contributed by atoms with Crippen molar-refractivity contribution in [2.24, 2.45) is 0 Å². The van der Waals surface area contributed by atoms with Crippen molar-refractivity contribution >= 4 is 22.4 Å². The largest absolute Gasteiger partial charge is 0.298 e. The van der Waals surface area contributed by atoms with Gasteiger partial charge >= 0.3 is 0 Å². The van der Waals surface area contributed by atoms with Crippen molar-refractivity contribution in [3.8, 4) is 21.7 Å². The number of aryl methyl sites for hydroxylation is 2. The number of anilines is 1. The van der Waals surface area contributed by atoms with E-state index in [2.05, 4.69) is 47.3 Å². The van der Waals surface area contributed by atoms with Gasteiger partial charge in [0, 0.05) is 35.9 Å². The van der Waals surface area contributed by atoms with E-state index in [9.17, 15) is 4.79 Å². The third kappa shape index (κ3) is 3.82. The summed E-state index contributed by atoms with van der Waals surface area (Å²) in [6.07, 6.45) is 6.71. The van der Waals surface area contributed by atoms with Crippen LogP contribution in [0.4, 0.5) is 5.13 Å². The van der Waals surface area contributed by atoms with Crippen molar-refractivity contribution in [1.29, 1.82) is 0 Å². The van der Waals surface area contributed by atoms with Crippen molar-refractivity contribution < 1.29 is 4.79 Å². The number of nitrogens with zero attached hydrogens (tertiary/aromatic N) is 3. The first kappa shape index (κ1) is 18.0. The highest BCUT2D eigenvalue weighted by molar-refractivity contribution is 7.19. The van der Waals surface area contributed by atoms with Crippen LogP contribution in [0.3, 0.4) is 0 Å². The molecule has 3 heterocycles. The number of carbonyl (C=O) groups is 1. The summed E-state index contributed by atoms with van der Waals surface area (Å²) in [4.78, 5) is 26.3. The smallest absolute Gasteiger partial charge is 0.257 e. The summed E-state index contributed by atoms with van der Waals surface area (Å²) < 4.78 is 0. The zero-order valence-corrected chi connectivity index (χ0v) is 16.3. The van der Waals surface area contributed by atoms with Gasteiger partial charge < -0.3 is 0 Å². The Balaban J connectivity index is 1.77. The maximum Gasteiger partial charge on any atom is 0.257 e. The van der Waals surface area contributed by atoms with E-state index >= 15 is 0 Å². The zero-order chi connectivity index (χ0) is 19.5. The van der Waals surface area contributed by atoms with Crippen LogP contribution in [0.1, 0.15) is 21.5 Å². The van der Waals surface area contributed by atoms with Crippen molar-refractivity contribution in [3.05, 3.63) is 83.9 Å². The first-order valence-corrected chi connectivity index (χ1v) is 9.63. The second-order valence-electron chi connectivity index (χ2n) is 6.50. The number of thiazole rings is 1. The van der Waals surface area contributed by atoms with Crippen LogP contribution in [0.15, 0.2) is 67.3 Å². The van der Waals surface area contributed by atoms with Gasteiger partial charge in [0.25, 0.3) is 5.91 Å². The molecule has 6 heteroatoms. The molecular formula is C22H18N4OS. The maximum absolute atomic E-state index is 12.5. The first-order chi connectivity index (χ1) is 13.6. The molecule has 0 spiro atoms. The highest BCUT2D eigenvalue weighted by Crippen LogP contribution is 2.39. The van der Waals surface area contributed by atoms with E-state index in [1.165, 1.54) is 22.5 Å². The predicted octanol–water partition coefficient (Wildman–Crippen LogP) is 5.14. The Morgan fingerprint density at radius 2 is 1.46 bits per heavy atom. The van der Waals surface area contributed by atoms with Gasteiger partial charge in [-0.25, -0.2) is 4.98 Å². The lowest BCUT2D eigenvalue weighted by Crippen LogP contribution is -2.11. The first-order valence-electron chi connectivity index (χ1n) is 8.81. The molecule has 3 aromatic heterocycles. The van der Waals surface area contributed by atoms with Crippen LogP contribution < -0.4 is 5.32 Å². The van der Waals surface area contributed by atoms with Crippen molar-refractivity contribution in [1.82, 2.24) is 15.0 Å². The third-order valence-electron chi connectivity index (χ3n) is 4.23. The van der Waals surface area contributed by atoms with Crippen molar-refractivity contribution in [3.63, 3.8) is 0 Å². The number of benzene rings is 1. The van der Waals surface area contributed by atoms with E-state index in [0.29, 0.717) is 10.7 Å². The molecule has 0 unspecified atom stereocenters. The Labute approximate surface area is 167 Å². The van der Waals surface area contributed by atoms with Gasteiger partial charge in [-0.15, -0.1) is 0 Å². The van der Waals surface area contributed by atoms with E-state index in [1.807, 2.05) is 12.1 Å². The molecule has 0 aliphatic carbocycles. The minimum absolute atomic E-state index is 0.204. The van der Waals surface area contributed by atoms with E-state index in [0.717, 1.165) is 21.7 Å². The maximum atomic E-state index is 12.5. The number of rotatable bonds is 4. The van der Waals surface area contributed by atoms with Crippen molar-refractivity contribution in [2.45, 2.75) is 13.8 Å². The van der Waals surface area contributed by atoms with E-state index in [-0.39, 0.29) is 5.91 Å². The number of aromatic nitrogens is 3. The van der Waals surface area contributed by atoms with Gasteiger partial charge in [-0.3, -0.25) is 20.1 Å². The lowest BCUT2D eigenvalue weighted by molar-refractivity contribution is 0.102. The van der Waals surface area contributed by atoms with Crippen LogP contribution in [0, 0.1) is 13.8 Å². The number of nitrogens with one attached hydrogen (secondary N) is 1. The molecule has 0 fully saturated rings. The monoisotopic (exact) mass is 386 g/mol. The van der Waals surface area contributed by atoms with Gasteiger partial charge in [0.15, 0.2) is 5.13 Å². The van der Waals surface area contributed by atoms with Crippen LogP contribution in [-0.4, -0.2) is 20.9 Å². The highest BCUT2D eigenvalue weighted by atomic mass is 32.1. The standard InChI is InChI=1S/C22H18N4OS/c1-14-11-15(2)13-18(12-14)19-20(16-3-7-23-8-4-16)28-22(25-19)26-21(27)17-5-9-24-10-6-17/h3-13H,1-2H3,(H,25,26,27). The minimum Gasteiger partial charge on any atom is -0.298 e. The molecule has 138 valence electrons. The van der Waals surface area contributed by atoms with Gasteiger partial charge in [-0.2, -0.15) is 0 Å². The van der Waals surface area contributed by atoms with Crippen LogP contribution >= 0.6 is 11.3 Å². The molecule has 0 radical (unpaired) electrons. The molecular weight excluding hydrogens is 368 g/mol. The number of hydrogen-bond acceptors (Lipinski definition) is 5. The number of amides is 1. The Kier molecular flexibility index (Phi) is 4.95. The average molecular weight is 386 g/mol. The summed E-state index contributed by atoms with van der Waals surface area (Å²) in [5.41, 5.74) is 5.80. The topological polar surface area (TPSA) is 67.8 Å². The molecule has 1 N–H and O–H groups in total. The molecule has 0 saturated carbocycles. The fraction of sp³-hybridized carbons (Fsp3) is 0.0909. The van der Waals surface area contributed by atoms with Gasteiger partial charge in [-0.05, 0) is 55.8 Å². The normalized spacial score (nSPS) is 10.6. The Morgan fingerprint density at radius 3 is 2.11 bits per heavy atom. The van der Waals surface area contributed by atoms with Gasteiger partial charge in [0.05, 0.1) is 10.6 Å². The van der Waals surface area contributed by atoms with Crippen LogP contribution in [0.2, 0.25) is 0 Å². The van der Waals surface area contributed by atoms with Crippen molar-refractivity contribution in [2.75, 3.05) is 5.32 Å². The third-order valence-corrected chi connectivity index (χ3v) is 5.25. The summed E-state index contributed by atoms with van der Waals surface area (Å²) in [6, 6.07) is 13.6. The number of carbonyl (C=O) groups excluding carboxylic acids is 1. The van der Waals surface area contributed by atoms with Gasteiger partial charge in [-0.1, -0.05) is 28.5 Å². The highest BCUT2D eigenvalue weighted by Gasteiger charge is 2.17. The quantitative estimate of drug-likeness (QED) is 0.527. The summed E-state index contributed by atoms with van der Waals surface area (Å²) in [5.74, 6) is -0.204. The lowest BCUT2D eigenvalue weighted by atomic mass is 10.0. The SMILES string of the molecule is Cc1cc(C)cc(-c2nc(NC(=O)c3ccncc3)sc2-c2ccncc2)c1. The predicted molar refractivity (Wildman–Crippen MR) is 112 cm³/mol. The number of pyridine rings is 2. The van der Waals surface area contributed by atoms with E-state index in [4.69, 9.17) is 4.98 Å². The average Bonchev–Trinajstić information content (AvgIpc) is 3.12. The summed E-state index contributed by atoms with van der Waals surface area (Å²) in [6.45, 7) is 4.14. The molecule has 0 aliphatic rings. The summed E-state index contributed by atoms with van der Waals surface area (Å²) >= 11 is 1.46. The van der Waals surface area contributed by atoms with Gasteiger partial charge in [0.2, 0.25) is 0 Å². The Hall–Kier alpha value is -3.38. The van der Waals surface area contributed by atoms with Crippen LogP contribution in [0.25, 0.3) is 21.7 Å². The minimum atomic E-state index is -0.204. The molecule has 0 bridgehead atoms. The van der Waals surface area contributed by atoms with Gasteiger partial charge in [0.1, 0.15) is 0 Å². The van der Waals surface area contributed by atoms with E-state index < -0.39 is 0 Å². The second-order valence-corrected chi connectivity index (χ2v) is 7.50. The Bertz CT molecular complexity index is 1100. The fourth-order valence-electron chi connectivity index (χ4n) is 3.05.